The smallest absolute Gasteiger partial charge is 0.325 e. The van der Waals surface area contributed by atoms with Crippen molar-refractivity contribution in [3.05, 3.63) is 29.8 Å². The molecule has 1 aliphatic carbocycles. The molecule has 156 valence electrons. The summed E-state index contributed by atoms with van der Waals surface area (Å²) in [5.41, 5.74) is 5.13. The summed E-state index contributed by atoms with van der Waals surface area (Å²) >= 11 is 0. The molecular weight excluding hydrogens is 372 g/mol. The van der Waals surface area contributed by atoms with E-state index in [1.54, 1.807) is 12.1 Å². The minimum atomic E-state index is -0.898. The van der Waals surface area contributed by atoms with Crippen LogP contribution in [0.1, 0.15) is 56.8 Å². The molecule has 5 amide bonds. The van der Waals surface area contributed by atoms with Crippen molar-refractivity contribution in [3.63, 3.8) is 0 Å². The van der Waals surface area contributed by atoms with Gasteiger partial charge in [-0.2, -0.15) is 0 Å². The molecule has 0 radical (unpaired) electrons. The Morgan fingerprint density at radius 1 is 1.24 bits per heavy atom. The molecule has 4 N–H and O–H groups in total. The normalized spacial score (nSPS) is 24.5. The van der Waals surface area contributed by atoms with Crippen molar-refractivity contribution in [3.8, 4) is 0 Å². The third kappa shape index (κ3) is 4.26. The molecule has 0 unspecified atom stereocenters. The number of carbonyl (C=O) groups excluding carboxylic acids is 4. The molecule has 1 aromatic carbocycles. The molecule has 1 spiro atoms. The Morgan fingerprint density at radius 2 is 1.90 bits per heavy atom. The van der Waals surface area contributed by atoms with Crippen LogP contribution < -0.4 is 16.4 Å². The SMILES string of the molecule is CC(C)(C)C1CCC2(CC1)NC(=O)N(CC(=O)Nc1cccc(C(N)=O)c1)C2=O. The molecule has 1 aliphatic heterocycles. The molecule has 2 fully saturated rings. The maximum absolute atomic E-state index is 13.0. The van der Waals surface area contributed by atoms with Gasteiger partial charge in [0.15, 0.2) is 0 Å². The number of rotatable bonds is 4. The van der Waals surface area contributed by atoms with E-state index in [2.05, 4.69) is 31.4 Å². The summed E-state index contributed by atoms with van der Waals surface area (Å²) in [7, 11) is 0. The van der Waals surface area contributed by atoms with Gasteiger partial charge in [-0.05, 0) is 55.2 Å². The van der Waals surface area contributed by atoms with Crippen LogP contribution in [0, 0.1) is 11.3 Å². The molecular formula is C21H28N4O4. The number of hydrogen-bond acceptors (Lipinski definition) is 4. The minimum Gasteiger partial charge on any atom is -0.366 e. The van der Waals surface area contributed by atoms with E-state index in [1.165, 1.54) is 12.1 Å². The summed E-state index contributed by atoms with van der Waals surface area (Å²) in [5, 5.41) is 5.43. The molecule has 1 saturated carbocycles. The van der Waals surface area contributed by atoms with Gasteiger partial charge in [0.25, 0.3) is 5.91 Å². The number of primary amides is 1. The molecule has 2 aliphatic rings. The Balaban J connectivity index is 1.64. The molecule has 8 nitrogen and oxygen atoms in total. The van der Waals surface area contributed by atoms with Gasteiger partial charge in [0.1, 0.15) is 12.1 Å². The molecule has 8 heteroatoms. The van der Waals surface area contributed by atoms with Crippen LogP contribution in [0.15, 0.2) is 24.3 Å². The topological polar surface area (TPSA) is 122 Å². The van der Waals surface area contributed by atoms with Crippen LogP contribution in [0.5, 0.6) is 0 Å². The van der Waals surface area contributed by atoms with E-state index in [0.29, 0.717) is 24.4 Å². The number of nitrogens with one attached hydrogen (secondary N) is 2. The van der Waals surface area contributed by atoms with Crippen molar-refractivity contribution < 1.29 is 19.2 Å². The lowest BCUT2D eigenvalue weighted by molar-refractivity contribution is -0.135. The average Bonchev–Trinajstić information content (AvgIpc) is 2.85. The Kier molecular flexibility index (Phi) is 5.38. The van der Waals surface area contributed by atoms with Crippen LogP contribution >= 0.6 is 0 Å². The summed E-state index contributed by atoms with van der Waals surface area (Å²) in [6.45, 7) is 6.19. The predicted octanol–water partition coefficient (Wildman–Crippen LogP) is 2.25. The number of amides is 5. The summed E-state index contributed by atoms with van der Waals surface area (Å²) in [6.07, 6.45) is 2.88. The highest BCUT2D eigenvalue weighted by Crippen LogP contribution is 2.43. The van der Waals surface area contributed by atoms with Gasteiger partial charge in [0, 0.05) is 11.3 Å². The number of nitrogens with two attached hydrogens (primary N) is 1. The summed E-state index contributed by atoms with van der Waals surface area (Å²) in [6, 6.07) is 5.64. The fourth-order valence-electron chi connectivity index (χ4n) is 4.23. The van der Waals surface area contributed by atoms with Crippen LogP contribution in [-0.4, -0.2) is 40.7 Å². The summed E-state index contributed by atoms with van der Waals surface area (Å²) in [4.78, 5) is 50.0. The highest BCUT2D eigenvalue weighted by Gasteiger charge is 2.53. The van der Waals surface area contributed by atoms with Crippen molar-refractivity contribution in [2.45, 2.75) is 52.0 Å². The van der Waals surface area contributed by atoms with E-state index in [9.17, 15) is 19.2 Å². The van der Waals surface area contributed by atoms with Gasteiger partial charge in [0.05, 0.1) is 0 Å². The number of anilines is 1. The maximum atomic E-state index is 13.0. The van der Waals surface area contributed by atoms with E-state index >= 15 is 0 Å². The van der Waals surface area contributed by atoms with E-state index < -0.39 is 23.4 Å². The van der Waals surface area contributed by atoms with E-state index in [4.69, 9.17) is 5.73 Å². The second kappa shape index (κ2) is 7.50. The van der Waals surface area contributed by atoms with E-state index in [1.807, 2.05) is 0 Å². The number of imide groups is 1. The lowest BCUT2D eigenvalue weighted by Gasteiger charge is -2.40. The van der Waals surface area contributed by atoms with Crippen molar-refractivity contribution in [2.75, 3.05) is 11.9 Å². The monoisotopic (exact) mass is 400 g/mol. The molecule has 3 rings (SSSR count). The Bertz CT molecular complexity index is 850. The van der Waals surface area contributed by atoms with Crippen LogP contribution in [-0.2, 0) is 9.59 Å². The lowest BCUT2D eigenvalue weighted by atomic mass is 9.67. The second-order valence-electron chi connectivity index (χ2n) is 9.04. The van der Waals surface area contributed by atoms with Crippen molar-refractivity contribution >= 4 is 29.4 Å². The first-order valence-electron chi connectivity index (χ1n) is 9.86. The standard InChI is InChI=1S/C21H28N4O4/c1-20(2,3)14-7-9-21(10-8-14)18(28)25(19(29)24-21)12-16(26)23-15-6-4-5-13(11-15)17(22)27/h4-6,11,14H,7-10,12H2,1-3H3,(H2,22,27)(H,23,26)(H,24,29). The van der Waals surface area contributed by atoms with Crippen LogP contribution in [0.2, 0.25) is 0 Å². The number of carbonyl (C=O) groups is 4. The van der Waals surface area contributed by atoms with Gasteiger partial charge in [-0.15, -0.1) is 0 Å². The summed E-state index contributed by atoms with van der Waals surface area (Å²) in [5.74, 6) is -0.970. The van der Waals surface area contributed by atoms with Crippen LogP contribution in [0.25, 0.3) is 0 Å². The Morgan fingerprint density at radius 3 is 2.48 bits per heavy atom. The van der Waals surface area contributed by atoms with Crippen molar-refractivity contribution in [2.24, 2.45) is 17.1 Å². The highest BCUT2D eigenvalue weighted by molar-refractivity contribution is 6.10. The van der Waals surface area contributed by atoms with E-state index in [-0.39, 0.29) is 23.4 Å². The van der Waals surface area contributed by atoms with Gasteiger partial charge in [-0.1, -0.05) is 26.8 Å². The average molecular weight is 400 g/mol. The first kappa shape index (κ1) is 20.8. The highest BCUT2D eigenvalue weighted by atomic mass is 16.2. The lowest BCUT2D eigenvalue weighted by Crippen LogP contribution is -2.50. The van der Waals surface area contributed by atoms with E-state index in [0.717, 1.165) is 17.7 Å². The first-order valence-corrected chi connectivity index (χ1v) is 9.86. The molecule has 0 aromatic heterocycles. The zero-order valence-electron chi connectivity index (χ0n) is 17.1. The summed E-state index contributed by atoms with van der Waals surface area (Å²) < 4.78 is 0. The number of nitrogens with zero attached hydrogens (tertiary/aromatic N) is 1. The van der Waals surface area contributed by atoms with Gasteiger partial charge >= 0.3 is 6.03 Å². The zero-order valence-corrected chi connectivity index (χ0v) is 17.1. The molecule has 1 heterocycles. The number of urea groups is 1. The zero-order chi connectivity index (χ0) is 21.4. The van der Waals surface area contributed by atoms with Crippen LogP contribution in [0.3, 0.4) is 0 Å². The van der Waals surface area contributed by atoms with Crippen LogP contribution in [0.4, 0.5) is 10.5 Å². The molecule has 0 atom stereocenters. The van der Waals surface area contributed by atoms with Crippen molar-refractivity contribution in [1.29, 1.82) is 0 Å². The second-order valence-corrected chi connectivity index (χ2v) is 9.04. The molecule has 1 saturated heterocycles. The Labute approximate surface area is 170 Å². The van der Waals surface area contributed by atoms with Gasteiger partial charge in [-0.3, -0.25) is 19.3 Å². The number of hydrogen-bond donors (Lipinski definition) is 3. The fourth-order valence-corrected chi connectivity index (χ4v) is 4.23. The Hall–Kier alpha value is -2.90. The third-order valence-electron chi connectivity index (χ3n) is 6.04. The van der Waals surface area contributed by atoms with Gasteiger partial charge < -0.3 is 16.4 Å². The molecule has 29 heavy (non-hydrogen) atoms. The predicted molar refractivity (Wildman–Crippen MR) is 108 cm³/mol. The van der Waals surface area contributed by atoms with Gasteiger partial charge in [0.2, 0.25) is 11.8 Å². The maximum Gasteiger partial charge on any atom is 0.325 e. The molecule has 1 aromatic rings. The van der Waals surface area contributed by atoms with Crippen molar-refractivity contribution in [1.82, 2.24) is 10.2 Å². The fraction of sp³-hybridized carbons (Fsp3) is 0.524. The third-order valence-corrected chi connectivity index (χ3v) is 6.04. The number of benzene rings is 1. The molecule has 0 bridgehead atoms. The van der Waals surface area contributed by atoms with Gasteiger partial charge in [-0.25, -0.2) is 4.79 Å². The quantitative estimate of drug-likeness (QED) is 0.671. The first-order chi connectivity index (χ1) is 13.5. The minimum absolute atomic E-state index is 0.159. The largest absolute Gasteiger partial charge is 0.366 e.